The van der Waals surface area contributed by atoms with Gasteiger partial charge in [0.05, 0.1) is 18.0 Å². The fourth-order valence-corrected chi connectivity index (χ4v) is 1.36. The third-order valence-corrected chi connectivity index (χ3v) is 2.12. The lowest BCUT2D eigenvalue weighted by Gasteiger charge is -2.03. The molecule has 0 amide bonds. The molecule has 3 heteroatoms. The van der Waals surface area contributed by atoms with Gasteiger partial charge in [-0.15, -0.1) is 0 Å². The van der Waals surface area contributed by atoms with Crippen molar-refractivity contribution in [2.45, 2.75) is 19.4 Å². The Hall–Kier alpha value is -0.830. The molecule has 1 fully saturated rings. The minimum absolute atomic E-state index is 0.0456. The summed E-state index contributed by atoms with van der Waals surface area (Å²) in [5, 5.41) is 4.25. The van der Waals surface area contributed by atoms with Crippen molar-refractivity contribution in [1.29, 1.82) is 0 Å². The Balaban J connectivity index is 2.44. The van der Waals surface area contributed by atoms with E-state index in [0.717, 1.165) is 12.3 Å². The maximum atomic E-state index is 5.32. The molecule has 2 rings (SSSR count). The molecule has 0 radical (unpaired) electrons. The fourth-order valence-electron chi connectivity index (χ4n) is 1.36. The Morgan fingerprint density at radius 3 is 2.73 bits per heavy atom. The smallest absolute Gasteiger partial charge is 0.130 e. The van der Waals surface area contributed by atoms with Gasteiger partial charge in [-0.05, 0) is 19.9 Å². The molecule has 0 spiro atoms. The van der Waals surface area contributed by atoms with Crippen LogP contribution in [0.4, 0.5) is 0 Å². The van der Waals surface area contributed by atoms with Gasteiger partial charge < -0.3 is 4.74 Å². The highest BCUT2D eigenvalue weighted by atomic mass is 16.6. The third-order valence-electron chi connectivity index (χ3n) is 2.12. The van der Waals surface area contributed by atoms with E-state index in [0.29, 0.717) is 0 Å². The van der Waals surface area contributed by atoms with E-state index in [9.17, 15) is 0 Å². The number of hydrogen-bond acceptors (Lipinski definition) is 2. The lowest BCUT2D eigenvalue weighted by molar-refractivity contribution is 0.316. The average molecular weight is 152 g/mol. The maximum absolute atomic E-state index is 5.32. The van der Waals surface area contributed by atoms with Gasteiger partial charge in [-0.3, -0.25) is 4.68 Å². The Morgan fingerprint density at radius 1 is 1.73 bits per heavy atom. The molecular weight excluding hydrogens is 140 g/mol. The number of nitrogens with zero attached hydrogens (tertiary/aromatic N) is 2. The van der Waals surface area contributed by atoms with Crippen molar-refractivity contribution < 1.29 is 4.74 Å². The van der Waals surface area contributed by atoms with Crippen molar-refractivity contribution in [2.75, 3.05) is 6.61 Å². The van der Waals surface area contributed by atoms with E-state index in [1.807, 2.05) is 18.7 Å². The van der Waals surface area contributed by atoms with Gasteiger partial charge in [-0.25, -0.2) is 0 Å². The van der Waals surface area contributed by atoms with Crippen molar-refractivity contribution in [3.8, 4) is 0 Å². The average Bonchev–Trinajstić information content (AvgIpc) is 2.55. The van der Waals surface area contributed by atoms with Crippen molar-refractivity contribution in [1.82, 2.24) is 9.78 Å². The quantitative estimate of drug-likeness (QED) is 0.561. The highest BCUT2D eigenvalue weighted by Gasteiger charge is 2.43. The van der Waals surface area contributed by atoms with E-state index in [2.05, 4.69) is 18.1 Å². The van der Waals surface area contributed by atoms with Crippen molar-refractivity contribution in [3.05, 3.63) is 17.5 Å². The summed E-state index contributed by atoms with van der Waals surface area (Å²) in [6, 6.07) is 2.08. The van der Waals surface area contributed by atoms with E-state index in [1.54, 1.807) is 0 Å². The molecular formula is C8H12N2O. The van der Waals surface area contributed by atoms with Crippen LogP contribution in [0.25, 0.3) is 0 Å². The Labute approximate surface area is 66.0 Å². The summed E-state index contributed by atoms with van der Waals surface area (Å²) in [6.07, 6.45) is 0. The van der Waals surface area contributed by atoms with Crippen LogP contribution in [0.15, 0.2) is 6.07 Å². The largest absolute Gasteiger partial charge is 0.363 e. The molecule has 60 valence electrons. The van der Waals surface area contributed by atoms with Gasteiger partial charge in [0.2, 0.25) is 0 Å². The minimum atomic E-state index is -0.0456. The van der Waals surface area contributed by atoms with Gasteiger partial charge in [0, 0.05) is 7.05 Å². The standard InChI is InChI=1S/C8H12N2O/c1-6-4-7(10(3)9-6)8(2)5-11-8/h4H,5H2,1-3H3. The normalized spacial score (nSPS) is 29.0. The van der Waals surface area contributed by atoms with Crippen molar-refractivity contribution in [3.63, 3.8) is 0 Å². The summed E-state index contributed by atoms with van der Waals surface area (Å²) >= 11 is 0. The summed E-state index contributed by atoms with van der Waals surface area (Å²) in [5.41, 5.74) is 2.19. The van der Waals surface area contributed by atoms with E-state index in [1.165, 1.54) is 5.69 Å². The SMILES string of the molecule is Cc1cc(C2(C)CO2)n(C)n1. The summed E-state index contributed by atoms with van der Waals surface area (Å²) in [6.45, 7) is 4.91. The zero-order valence-corrected chi connectivity index (χ0v) is 7.09. The van der Waals surface area contributed by atoms with Gasteiger partial charge in [0.25, 0.3) is 0 Å². The molecule has 0 N–H and O–H groups in total. The van der Waals surface area contributed by atoms with Crippen LogP contribution in [0, 0.1) is 6.92 Å². The van der Waals surface area contributed by atoms with E-state index < -0.39 is 0 Å². The number of epoxide rings is 1. The van der Waals surface area contributed by atoms with Gasteiger partial charge in [0.1, 0.15) is 5.60 Å². The van der Waals surface area contributed by atoms with Crippen LogP contribution < -0.4 is 0 Å². The monoisotopic (exact) mass is 152 g/mol. The van der Waals surface area contributed by atoms with Crippen LogP contribution in [0.5, 0.6) is 0 Å². The zero-order valence-electron chi connectivity index (χ0n) is 7.09. The Morgan fingerprint density at radius 2 is 2.36 bits per heavy atom. The zero-order chi connectivity index (χ0) is 8.06. The highest BCUT2D eigenvalue weighted by Crippen LogP contribution is 2.37. The van der Waals surface area contributed by atoms with Gasteiger partial charge in [-0.2, -0.15) is 5.10 Å². The molecule has 0 saturated carbocycles. The second-order valence-corrected chi connectivity index (χ2v) is 3.31. The predicted octanol–water partition coefficient (Wildman–Crippen LogP) is 0.974. The summed E-state index contributed by atoms with van der Waals surface area (Å²) in [7, 11) is 1.95. The third kappa shape index (κ3) is 0.959. The molecule has 1 unspecified atom stereocenters. The van der Waals surface area contributed by atoms with E-state index >= 15 is 0 Å². The molecule has 1 saturated heterocycles. The second-order valence-electron chi connectivity index (χ2n) is 3.31. The lowest BCUT2D eigenvalue weighted by atomic mass is 10.1. The number of aryl methyl sites for hydroxylation is 2. The Kier molecular flexibility index (Phi) is 1.16. The van der Waals surface area contributed by atoms with Crippen LogP contribution in [0.2, 0.25) is 0 Å². The van der Waals surface area contributed by atoms with Crippen LogP contribution in [-0.4, -0.2) is 16.4 Å². The highest BCUT2D eigenvalue weighted by molar-refractivity contribution is 5.20. The molecule has 1 atom stereocenters. The Bertz CT molecular complexity index is 286. The first kappa shape index (κ1) is 6.85. The second kappa shape index (κ2) is 1.85. The van der Waals surface area contributed by atoms with Crippen LogP contribution in [0.1, 0.15) is 18.3 Å². The molecule has 11 heavy (non-hydrogen) atoms. The molecule has 0 aromatic carbocycles. The first-order valence-corrected chi connectivity index (χ1v) is 3.77. The molecule has 0 bridgehead atoms. The fraction of sp³-hybridized carbons (Fsp3) is 0.625. The van der Waals surface area contributed by atoms with Gasteiger partial charge in [-0.1, -0.05) is 0 Å². The summed E-state index contributed by atoms with van der Waals surface area (Å²) < 4.78 is 7.21. The van der Waals surface area contributed by atoms with Crippen molar-refractivity contribution in [2.24, 2.45) is 7.05 Å². The topological polar surface area (TPSA) is 30.4 Å². The van der Waals surface area contributed by atoms with Crippen LogP contribution in [-0.2, 0) is 17.4 Å². The van der Waals surface area contributed by atoms with E-state index in [-0.39, 0.29) is 5.60 Å². The molecule has 1 aromatic heterocycles. The minimum Gasteiger partial charge on any atom is -0.363 e. The first-order chi connectivity index (χ1) is 5.12. The molecule has 3 nitrogen and oxygen atoms in total. The number of ether oxygens (including phenoxy) is 1. The summed E-state index contributed by atoms with van der Waals surface area (Å²) in [4.78, 5) is 0. The van der Waals surface area contributed by atoms with Crippen LogP contribution in [0.3, 0.4) is 0 Å². The number of aromatic nitrogens is 2. The van der Waals surface area contributed by atoms with Crippen molar-refractivity contribution >= 4 is 0 Å². The molecule has 1 aliphatic heterocycles. The van der Waals surface area contributed by atoms with E-state index in [4.69, 9.17) is 4.74 Å². The van der Waals surface area contributed by atoms with Gasteiger partial charge in [0.15, 0.2) is 0 Å². The maximum Gasteiger partial charge on any atom is 0.130 e. The number of hydrogen-bond donors (Lipinski definition) is 0. The molecule has 1 aliphatic rings. The van der Waals surface area contributed by atoms with Crippen LogP contribution >= 0.6 is 0 Å². The molecule has 2 heterocycles. The lowest BCUT2D eigenvalue weighted by Crippen LogP contribution is -2.09. The molecule has 0 aliphatic carbocycles. The number of rotatable bonds is 1. The first-order valence-electron chi connectivity index (χ1n) is 3.77. The predicted molar refractivity (Wildman–Crippen MR) is 41.2 cm³/mol. The summed E-state index contributed by atoms with van der Waals surface area (Å²) in [5.74, 6) is 0. The molecule has 1 aromatic rings. The van der Waals surface area contributed by atoms with Gasteiger partial charge >= 0.3 is 0 Å².